The summed E-state index contributed by atoms with van der Waals surface area (Å²) in [6.07, 6.45) is 1.80. The molecule has 1 amide bonds. The highest BCUT2D eigenvalue weighted by Crippen LogP contribution is 2.26. The average Bonchev–Trinajstić information content (AvgIpc) is 2.79. The Labute approximate surface area is 114 Å². The van der Waals surface area contributed by atoms with Gasteiger partial charge in [-0.05, 0) is 47.0 Å². The molecule has 17 heavy (non-hydrogen) atoms. The molecule has 1 aliphatic heterocycles. The fourth-order valence-electron chi connectivity index (χ4n) is 2.11. The van der Waals surface area contributed by atoms with Crippen LogP contribution in [0.1, 0.15) is 23.2 Å². The van der Waals surface area contributed by atoms with Gasteiger partial charge in [0.25, 0.3) is 5.91 Å². The number of carbonyl (C=O) groups is 1. The number of aliphatic hydroxyl groups is 1. The number of likely N-dealkylation sites (tertiary alicyclic amines) is 1. The highest BCUT2D eigenvalue weighted by Gasteiger charge is 2.29. The predicted molar refractivity (Wildman–Crippen MR) is 70.3 cm³/mol. The molecule has 5 heteroatoms. The number of aliphatic hydroxyl groups excluding tert-OH is 1. The zero-order chi connectivity index (χ0) is 12.4. The number of rotatable bonds is 2. The lowest BCUT2D eigenvalue weighted by molar-refractivity contribution is 0.0676. The van der Waals surface area contributed by atoms with Crippen molar-refractivity contribution < 1.29 is 9.90 Å². The molecule has 1 N–H and O–H groups in total. The summed E-state index contributed by atoms with van der Waals surface area (Å²) in [6, 6.07) is 5.09. The van der Waals surface area contributed by atoms with Crippen LogP contribution >= 0.6 is 27.5 Å². The fraction of sp³-hybridized carbons (Fsp3) is 0.417. The molecule has 1 aliphatic rings. The van der Waals surface area contributed by atoms with Crippen molar-refractivity contribution in [3.05, 3.63) is 33.3 Å². The Kier molecular flexibility index (Phi) is 4.07. The third-order valence-corrected chi connectivity index (χ3v) is 3.93. The first-order valence-electron chi connectivity index (χ1n) is 5.50. The van der Waals surface area contributed by atoms with E-state index in [1.807, 2.05) is 0 Å². The van der Waals surface area contributed by atoms with Gasteiger partial charge < -0.3 is 10.0 Å². The van der Waals surface area contributed by atoms with E-state index in [1.54, 1.807) is 23.1 Å². The molecule has 1 saturated heterocycles. The van der Waals surface area contributed by atoms with E-state index in [1.165, 1.54) is 0 Å². The number of halogens is 2. The van der Waals surface area contributed by atoms with Crippen LogP contribution in [-0.2, 0) is 0 Å². The van der Waals surface area contributed by atoms with Crippen LogP contribution < -0.4 is 0 Å². The molecule has 0 saturated carbocycles. The predicted octanol–water partition coefficient (Wildman–Crippen LogP) is 2.70. The Bertz CT molecular complexity index is 439. The number of amides is 1. The van der Waals surface area contributed by atoms with Crippen molar-refractivity contribution in [2.45, 2.75) is 18.9 Å². The Morgan fingerprint density at radius 3 is 3.06 bits per heavy atom. The van der Waals surface area contributed by atoms with Crippen molar-refractivity contribution in [1.82, 2.24) is 4.90 Å². The summed E-state index contributed by atoms with van der Waals surface area (Å²) >= 11 is 9.25. The Morgan fingerprint density at radius 2 is 2.35 bits per heavy atom. The van der Waals surface area contributed by atoms with E-state index in [0.717, 1.165) is 17.3 Å². The van der Waals surface area contributed by atoms with Crippen LogP contribution in [0, 0.1) is 0 Å². The highest BCUT2D eigenvalue weighted by molar-refractivity contribution is 9.10. The van der Waals surface area contributed by atoms with Crippen LogP contribution in [0.15, 0.2) is 22.7 Å². The minimum atomic E-state index is -0.0732. The highest BCUT2D eigenvalue weighted by atomic mass is 79.9. The molecule has 0 unspecified atom stereocenters. The summed E-state index contributed by atoms with van der Waals surface area (Å²) in [5.41, 5.74) is 0.554. The van der Waals surface area contributed by atoms with E-state index in [-0.39, 0.29) is 18.6 Å². The number of hydrogen-bond donors (Lipinski definition) is 1. The lowest BCUT2D eigenvalue weighted by Crippen LogP contribution is -2.37. The molecule has 1 aromatic carbocycles. The van der Waals surface area contributed by atoms with Gasteiger partial charge in [0.2, 0.25) is 0 Å². The Hall–Kier alpha value is -0.580. The average molecular weight is 319 g/mol. The van der Waals surface area contributed by atoms with Gasteiger partial charge in [-0.1, -0.05) is 11.6 Å². The maximum atomic E-state index is 12.3. The van der Waals surface area contributed by atoms with Crippen LogP contribution in [0.3, 0.4) is 0 Å². The number of nitrogens with zero attached hydrogens (tertiary/aromatic N) is 1. The minimum absolute atomic E-state index is 0.0178. The zero-order valence-corrected chi connectivity index (χ0v) is 11.5. The molecule has 92 valence electrons. The van der Waals surface area contributed by atoms with Gasteiger partial charge in [-0.2, -0.15) is 0 Å². The van der Waals surface area contributed by atoms with E-state index >= 15 is 0 Å². The van der Waals surface area contributed by atoms with Crippen LogP contribution in [0.5, 0.6) is 0 Å². The van der Waals surface area contributed by atoms with Gasteiger partial charge in [0, 0.05) is 16.0 Å². The fourth-order valence-corrected chi connectivity index (χ4v) is 2.70. The van der Waals surface area contributed by atoms with Crippen molar-refractivity contribution in [2.24, 2.45) is 0 Å². The second kappa shape index (κ2) is 5.38. The topological polar surface area (TPSA) is 40.5 Å². The molecule has 0 bridgehead atoms. The molecule has 1 atom stereocenters. The molecule has 0 radical (unpaired) electrons. The van der Waals surface area contributed by atoms with Crippen molar-refractivity contribution >= 4 is 33.4 Å². The summed E-state index contributed by atoms with van der Waals surface area (Å²) in [5, 5.41) is 9.76. The van der Waals surface area contributed by atoms with Gasteiger partial charge >= 0.3 is 0 Å². The normalized spacial score (nSPS) is 19.7. The second-order valence-electron chi connectivity index (χ2n) is 4.10. The van der Waals surface area contributed by atoms with Gasteiger partial charge in [-0.15, -0.1) is 0 Å². The van der Waals surface area contributed by atoms with Crippen molar-refractivity contribution in [3.63, 3.8) is 0 Å². The zero-order valence-electron chi connectivity index (χ0n) is 9.20. The Morgan fingerprint density at radius 1 is 1.59 bits per heavy atom. The van der Waals surface area contributed by atoms with E-state index < -0.39 is 0 Å². The van der Waals surface area contributed by atoms with Crippen LogP contribution in [0.2, 0.25) is 5.02 Å². The molecule has 1 fully saturated rings. The minimum Gasteiger partial charge on any atom is -0.394 e. The maximum absolute atomic E-state index is 12.3. The second-order valence-corrected chi connectivity index (χ2v) is 5.39. The van der Waals surface area contributed by atoms with E-state index in [2.05, 4.69) is 15.9 Å². The molecule has 0 aliphatic carbocycles. The molecule has 0 spiro atoms. The molecule has 3 nitrogen and oxygen atoms in total. The van der Waals surface area contributed by atoms with Crippen molar-refractivity contribution in [1.29, 1.82) is 0 Å². The number of hydrogen-bond acceptors (Lipinski definition) is 2. The van der Waals surface area contributed by atoms with Crippen LogP contribution in [0.4, 0.5) is 0 Å². The van der Waals surface area contributed by atoms with Gasteiger partial charge in [-0.25, -0.2) is 0 Å². The molecular formula is C12H13BrClNO2. The lowest BCUT2D eigenvalue weighted by Gasteiger charge is -2.23. The largest absolute Gasteiger partial charge is 0.394 e. The number of benzene rings is 1. The third kappa shape index (κ3) is 2.64. The molecular weight excluding hydrogens is 305 g/mol. The van der Waals surface area contributed by atoms with Crippen LogP contribution in [-0.4, -0.2) is 35.1 Å². The monoisotopic (exact) mass is 317 g/mol. The van der Waals surface area contributed by atoms with Crippen LogP contribution in [0.25, 0.3) is 0 Å². The molecule has 0 aromatic heterocycles. The summed E-state index contributed by atoms with van der Waals surface area (Å²) in [6.45, 7) is 0.715. The van der Waals surface area contributed by atoms with Gasteiger partial charge in [0.1, 0.15) is 0 Å². The van der Waals surface area contributed by atoms with Gasteiger partial charge in [0.05, 0.1) is 18.2 Å². The first kappa shape index (κ1) is 12.9. The smallest absolute Gasteiger partial charge is 0.255 e. The summed E-state index contributed by atoms with van der Waals surface area (Å²) < 4.78 is 0.732. The van der Waals surface area contributed by atoms with Crippen molar-refractivity contribution in [3.8, 4) is 0 Å². The quantitative estimate of drug-likeness (QED) is 0.911. The third-order valence-electron chi connectivity index (χ3n) is 3.01. The first-order valence-corrected chi connectivity index (χ1v) is 6.67. The van der Waals surface area contributed by atoms with E-state index in [4.69, 9.17) is 11.6 Å². The van der Waals surface area contributed by atoms with E-state index in [9.17, 15) is 9.90 Å². The lowest BCUT2D eigenvalue weighted by atomic mass is 10.1. The SMILES string of the molecule is O=C(c1cc(Cl)ccc1Br)N1CCC[C@@H]1CO. The standard InChI is InChI=1S/C12H13BrClNO2/c13-11-4-3-8(14)6-10(11)12(17)15-5-1-2-9(15)7-16/h3-4,6,9,16H,1-2,5,7H2/t9-/m1/s1. The summed E-state index contributed by atoms with van der Waals surface area (Å²) in [5.74, 6) is -0.0732. The summed E-state index contributed by atoms with van der Waals surface area (Å²) in [7, 11) is 0. The summed E-state index contributed by atoms with van der Waals surface area (Å²) in [4.78, 5) is 14.0. The maximum Gasteiger partial charge on any atom is 0.255 e. The van der Waals surface area contributed by atoms with Gasteiger partial charge in [-0.3, -0.25) is 4.79 Å². The number of carbonyl (C=O) groups excluding carboxylic acids is 1. The first-order chi connectivity index (χ1) is 8.13. The van der Waals surface area contributed by atoms with Crippen molar-refractivity contribution in [2.75, 3.05) is 13.2 Å². The Balaban J connectivity index is 2.27. The molecule has 1 aromatic rings. The van der Waals surface area contributed by atoms with Gasteiger partial charge in [0.15, 0.2) is 0 Å². The molecule has 1 heterocycles. The van der Waals surface area contributed by atoms with E-state index in [0.29, 0.717) is 17.1 Å². The molecule has 2 rings (SSSR count).